The van der Waals surface area contributed by atoms with Crippen LogP contribution in [0.3, 0.4) is 0 Å². The Morgan fingerprint density at radius 3 is 2.39 bits per heavy atom. The van der Waals surface area contributed by atoms with Crippen molar-refractivity contribution in [2.45, 2.75) is 12.8 Å². The quantitative estimate of drug-likeness (QED) is 0.779. The summed E-state index contributed by atoms with van der Waals surface area (Å²) in [6.45, 7) is 0. The Kier molecular flexibility index (Phi) is 3.82. The number of benzene rings is 1. The summed E-state index contributed by atoms with van der Waals surface area (Å²) in [5.41, 5.74) is 1.86. The molecule has 0 bridgehead atoms. The average Bonchev–Trinajstić information content (AvgIpc) is 2.47. The first-order valence-corrected chi connectivity index (χ1v) is 6.13. The van der Waals surface area contributed by atoms with Crippen molar-refractivity contribution in [2.24, 2.45) is 0 Å². The van der Waals surface area contributed by atoms with Crippen molar-refractivity contribution in [1.82, 2.24) is 4.90 Å². The molecule has 0 unspecified atom stereocenters. The fourth-order valence-corrected chi connectivity index (χ4v) is 1.95. The van der Waals surface area contributed by atoms with E-state index in [1.165, 1.54) is 0 Å². The van der Waals surface area contributed by atoms with Gasteiger partial charge in [-0.2, -0.15) is 0 Å². The topological polar surface area (TPSA) is 23.6 Å². The third kappa shape index (κ3) is 2.62. The number of hydrogen-bond acceptors (Lipinski definition) is 1. The molecule has 1 aromatic carbocycles. The Labute approximate surface area is 108 Å². The molecule has 3 nitrogen and oxygen atoms in total. The van der Waals surface area contributed by atoms with E-state index in [-0.39, 0.29) is 6.03 Å². The van der Waals surface area contributed by atoms with Gasteiger partial charge < -0.3 is 0 Å². The number of anilines is 1. The highest BCUT2D eigenvalue weighted by molar-refractivity contribution is 5.92. The van der Waals surface area contributed by atoms with Crippen LogP contribution in [0.1, 0.15) is 12.8 Å². The van der Waals surface area contributed by atoms with Crippen molar-refractivity contribution >= 4 is 11.7 Å². The molecular formula is C15H18N2O. The van der Waals surface area contributed by atoms with E-state index in [0.717, 1.165) is 24.2 Å². The molecule has 0 saturated carbocycles. The van der Waals surface area contributed by atoms with Crippen molar-refractivity contribution in [3.05, 3.63) is 54.3 Å². The summed E-state index contributed by atoms with van der Waals surface area (Å²) in [5.74, 6) is 0. The van der Waals surface area contributed by atoms with Gasteiger partial charge in [-0.1, -0.05) is 30.4 Å². The van der Waals surface area contributed by atoms with Crippen LogP contribution in [-0.4, -0.2) is 25.0 Å². The Balaban J connectivity index is 2.11. The van der Waals surface area contributed by atoms with Crippen LogP contribution >= 0.6 is 0 Å². The van der Waals surface area contributed by atoms with Gasteiger partial charge in [-0.15, -0.1) is 0 Å². The first-order valence-electron chi connectivity index (χ1n) is 6.13. The van der Waals surface area contributed by atoms with E-state index in [4.69, 9.17) is 0 Å². The SMILES string of the molecule is CN(C(=O)N(C)c1ccccc1)C1=CCCC=C1. The summed E-state index contributed by atoms with van der Waals surface area (Å²) >= 11 is 0. The van der Waals surface area contributed by atoms with E-state index in [1.54, 1.807) is 16.8 Å². The summed E-state index contributed by atoms with van der Waals surface area (Å²) in [4.78, 5) is 15.7. The van der Waals surface area contributed by atoms with Crippen molar-refractivity contribution in [1.29, 1.82) is 0 Å². The van der Waals surface area contributed by atoms with Gasteiger partial charge in [0, 0.05) is 25.5 Å². The van der Waals surface area contributed by atoms with Crippen molar-refractivity contribution in [3.8, 4) is 0 Å². The number of urea groups is 1. The van der Waals surface area contributed by atoms with Gasteiger partial charge in [0.05, 0.1) is 0 Å². The molecule has 1 aliphatic carbocycles. The number of carbonyl (C=O) groups is 1. The van der Waals surface area contributed by atoms with Gasteiger partial charge in [-0.25, -0.2) is 4.79 Å². The van der Waals surface area contributed by atoms with E-state index in [9.17, 15) is 4.79 Å². The van der Waals surface area contributed by atoms with Gasteiger partial charge >= 0.3 is 6.03 Å². The number of rotatable bonds is 2. The lowest BCUT2D eigenvalue weighted by Gasteiger charge is -2.26. The zero-order valence-corrected chi connectivity index (χ0v) is 10.8. The first-order chi connectivity index (χ1) is 8.70. The maximum absolute atomic E-state index is 12.3. The molecule has 0 N–H and O–H groups in total. The van der Waals surface area contributed by atoms with E-state index >= 15 is 0 Å². The lowest BCUT2D eigenvalue weighted by atomic mass is 10.1. The van der Waals surface area contributed by atoms with Crippen LogP contribution in [0, 0.1) is 0 Å². The highest BCUT2D eigenvalue weighted by Gasteiger charge is 2.17. The Morgan fingerprint density at radius 1 is 1.06 bits per heavy atom. The third-order valence-corrected chi connectivity index (χ3v) is 3.08. The predicted octanol–water partition coefficient (Wildman–Crippen LogP) is 3.41. The normalized spacial score (nSPS) is 14.0. The van der Waals surface area contributed by atoms with Gasteiger partial charge in [0.1, 0.15) is 0 Å². The summed E-state index contributed by atoms with van der Waals surface area (Å²) in [5, 5.41) is 0. The minimum absolute atomic E-state index is 0.0287. The van der Waals surface area contributed by atoms with Gasteiger partial charge in [-0.3, -0.25) is 9.80 Å². The molecule has 0 atom stereocenters. The molecule has 18 heavy (non-hydrogen) atoms. The fourth-order valence-electron chi connectivity index (χ4n) is 1.95. The summed E-state index contributed by atoms with van der Waals surface area (Å²) in [6.07, 6.45) is 8.25. The van der Waals surface area contributed by atoms with Crippen molar-refractivity contribution in [2.75, 3.05) is 19.0 Å². The molecule has 0 aromatic heterocycles. The standard InChI is InChI=1S/C15H18N2O/c1-16(13-9-5-3-6-10-13)15(18)17(2)14-11-7-4-8-12-14/h3,5-7,9-12H,4,8H2,1-2H3. The smallest absolute Gasteiger partial charge is 0.297 e. The largest absolute Gasteiger partial charge is 0.328 e. The number of hydrogen-bond donors (Lipinski definition) is 0. The second kappa shape index (κ2) is 5.54. The number of carbonyl (C=O) groups excluding carboxylic acids is 1. The molecule has 94 valence electrons. The minimum atomic E-state index is -0.0287. The zero-order valence-electron chi connectivity index (χ0n) is 10.8. The summed E-state index contributed by atoms with van der Waals surface area (Å²) in [7, 11) is 3.60. The highest BCUT2D eigenvalue weighted by atomic mass is 16.2. The van der Waals surface area contributed by atoms with Crippen LogP contribution in [0.2, 0.25) is 0 Å². The monoisotopic (exact) mass is 242 g/mol. The van der Waals surface area contributed by atoms with Crippen LogP contribution in [0.5, 0.6) is 0 Å². The van der Waals surface area contributed by atoms with Crippen LogP contribution in [0.25, 0.3) is 0 Å². The summed E-state index contributed by atoms with van der Waals surface area (Å²) in [6, 6.07) is 9.63. The third-order valence-electron chi connectivity index (χ3n) is 3.08. The molecule has 0 radical (unpaired) electrons. The zero-order chi connectivity index (χ0) is 13.0. The Morgan fingerprint density at radius 2 is 1.78 bits per heavy atom. The molecule has 0 spiro atoms. The highest BCUT2D eigenvalue weighted by Crippen LogP contribution is 2.17. The maximum Gasteiger partial charge on any atom is 0.328 e. The summed E-state index contributed by atoms with van der Waals surface area (Å²) < 4.78 is 0. The molecule has 0 aliphatic heterocycles. The molecular weight excluding hydrogens is 224 g/mol. The van der Waals surface area contributed by atoms with Crippen molar-refractivity contribution in [3.63, 3.8) is 0 Å². The van der Waals surface area contributed by atoms with Crippen LogP contribution in [-0.2, 0) is 0 Å². The molecule has 1 aliphatic rings. The first kappa shape index (κ1) is 12.4. The Bertz CT molecular complexity index is 477. The molecule has 0 fully saturated rings. The maximum atomic E-state index is 12.3. The number of likely N-dealkylation sites (N-methyl/N-ethyl adjacent to an activating group) is 1. The van der Waals surface area contributed by atoms with Crippen LogP contribution in [0.15, 0.2) is 54.3 Å². The molecule has 3 heteroatoms. The molecule has 0 saturated heterocycles. The number of allylic oxidation sites excluding steroid dienone is 3. The average molecular weight is 242 g/mol. The predicted molar refractivity (Wildman–Crippen MR) is 74.5 cm³/mol. The molecule has 2 rings (SSSR count). The number of amides is 2. The van der Waals surface area contributed by atoms with Gasteiger partial charge in [0.2, 0.25) is 0 Å². The lowest BCUT2D eigenvalue weighted by Crippen LogP contribution is -2.38. The molecule has 0 heterocycles. The second-order valence-electron chi connectivity index (χ2n) is 4.34. The van der Waals surface area contributed by atoms with Gasteiger partial charge in [0.25, 0.3) is 0 Å². The number of nitrogens with zero attached hydrogens (tertiary/aromatic N) is 2. The van der Waals surface area contributed by atoms with Gasteiger partial charge in [-0.05, 0) is 31.1 Å². The van der Waals surface area contributed by atoms with Crippen LogP contribution < -0.4 is 4.90 Å². The molecule has 1 aromatic rings. The van der Waals surface area contributed by atoms with E-state index in [1.807, 2.05) is 43.5 Å². The van der Waals surface area contributed by atoms with Crippen molar-refractivity contribution < 1.29 is 4.79 Å². The second-order valence-corrected chi connectivity index (χ2v) is 4.34. The fraction of sp³-hybridized carbons (Fsp3) is 0.267. The van der Waals surface area contributed by atoms with E-state index < -0.39 is 0 Å². The minimum Gasteiger partial charge on any atom is -0.297 e. The van der Waals surface area contributed by atoms with E-state index in [2.05, 4.69) is 12.2 Å². The van der Waals surface area contributed by atoms with Gasteiger partial charge in [0.15, 0.2) is 0 Å². The lowest BCUT2D eigenvalue weighted by molar-refractivity contribution is 0.227. The van der Waals surface area contributed by atoms with Crippen LogP contribution in [0.4, 0.5) is 10.5 Å². The Hall–Kier alpha value is -2.03. The van der Waals surface area contributed by atoms with E-state index in [0.29, 0.717) is 0 Å². The molecule has 2 amide bonds. The number of para-hydroxylation sites is 1.